The van der Waals surface area contributed by atoms with Crippen molar-refractivity contribution in [3.63, 3.8) is 0 Å². The lowest BCUT2D eigenvalue weighted by atomic mass is 9.86. The Morgan fingerprint density at radius 2 is 1.56 bits per heavy atom. The minimum atomic E-state index is -3.09. The van der Waals surface area contributed by atoms with E-state index in [9.17, 15) is 13.2 Å². The second-order valence-corrected chi connectivity index (χ2v) is 4.44. The van der Waals surface area contributed by atoms with Crippen LogP contribution in [0.15, 0.2) is 24.3 Å². The third-order valence-electron chi connectivity index (χ3n) is 3.33. The van der Waals surface area contributed by atoms with Crippen molar-refractivity contribution >= 4 is 0 Å². The first-order chi connectivity index (χ1) is 7.46. The Morgan fingerprint density at radius 1 is 1.06 bits per heavy atom. The van der Waals surface area contributed by atoms with Crippen LogP contribution in [0.1, 0.15) is 31.2 Å². The maximum absolute atomic E-state index is 14.1. The molecule has 2 N–H and O–H groups in total. The Morgan fingerprint density at radius 3 is 2.06 bits per heavy atom. The number of alkyl halides is 2. The first-order valence-electron chi connectivity index (χ1n) is 5.38. The number of hydrogen-bond donors (Lipinski definition) is 1. The molecule has 1 aromatic rings. The second-order valence-electron chi connectivity index (χ2n) is 4.44. The number of halogens is 3. The summed E-state index contributed by atoms with van der Waals surface area (Å²) in [6, 6.07) is 4.31. The van der Waals surface area contributed by atoms with Crippen molar-refractivity contribution < 1.29 is 13.2 Å². The summed E-state index contributed by atoms with van der Waals surface area (Å²) in [6.45, 7) is 0. The predicted octanol–water partition coefficient (Wildman–Crippen LogP) is 3.19. The van der Waals surface area contributed by atoms with Gasteiger partial charge in [0.1, 0.15) is 5.82 Å². The maximum atomic E-state index is 14.1. The summed E-state index contributed by atoms with van der Waals surface area (Å²) in [7, 11) is 0. The molecule has 1 aliphatic carbocycles. The van der Waals surface area contributed by atoms with Gasteiger partial charge < -0.3 is 5.73 Å². The molecule has 0 atom stereocenters. The van der Waals surface area contributed by atoms with E-state index in [0.29, 0.717) is 12.8 Å². The van der Waals surface area contributed by atoms with Crippen LogP contribution >= 0.6 is 0 Å². The smallest absolute Gasteiger partial charge is 0.290 e. The summed E-state index contributed by atoms with van der Waals surface area (Å²) < 4.78 is 40.9. The Labute approximate surface area is 92.5 Å². The van der Waals surface area contributed by atoms with E-state index >= 15 is 0 Å². The van der Waals surface area contributed by atoms with E-state index in [2.05, 4.69) is 0 Å². The lowest BCUT2D eigenvalue weighted by molar-refractivity contribution is -0.0795. The minimum Gasteiger partial charge on any atom is -0.320 e. The van der Waals surface area contributed by atoms with Crippen molar-refractivity contribution in [2.75, 3.05) is 0 Å². The first kappa shape index (κ1) is 11.5. The molecule has 1 aromatic carbocycles. The van der Waals surface area contributed by atoms with Gasteiger partial charge in [0, 0.05) is 5.56 Å². The van der Waals surface area contributed by atoms with Crippen molar-refractivity contribution in [2.45, 2.75) is 37.1 Å². The van der Waals surface area contributed by atoms with Gasteiger partial charge in [0.25, 0.3) is 5.92 Å². The quantitative estimate of drug-likeness (QED) is 0.828. The lowest BCUT2D eigenvalue weighted by Gasteiger charge is -2.33. The highest BCUT2D eigenvalue weighted by Crippen LogP contribution is 2.46. The highest BCUT2D eigenvalue weighted by molar-refractivity contribution is 5.25. The van der Waals surface area contributed by atoms with Crippen LogP contribution in [0.5, 0.6) is 0 Å². The third-order valence-corrected chi connectivity index (χ3v) is 3.33. The molecule has 1 nitrogen and oxygen atoms in total. The average molecular weight is 229 g/mol. The van der Waals surface area contributed by atoms with Gasteiger partial charge >= 0.3 is 0 Å². The van der Waals surface area contributed by atoms with Gasteiger partial charge in [0.15, 0.2) is 0 Å². The molecule has 0 heterocycles. The Kier molecular flexibility index (Phi) is 2.70. The molecule has 88 valence electrons. The van der Waals surface area contributed by atoms with Gasteiger partial charge in [-0.2, -0.15) is 8.78 Å². The number of benzene rings is 1. The van der Waals surface area contributed by atoms with E-state index in [4.69, 9.17) is 5.73 Å². The fraction of sp³-hybridized carbons (Fsp3) is 0.500. The molecule has 0 radical (unpaired) electrons. The zero-order valence-corrected chi connectivity index (χ0v) is 8.85. The molecule has 0 amide bonds. The zero-order valence-electron chi connectivity index (χ0n) is 8.85. The van der Waals surface area contributed by atoms with Crippen molar-refractivity contribution in [2.24, 2.45) is 5.73 Å². The van der Waals surface area contributed by atoms with Gasteiger partial charge in [-0.1, -0.05) is 25.0 Å². The fourth-order valence-corrected chi connectivity index (χ4v) is 2.27. The van der Waals surface area contributed by atoms with Crippen LogP contribution < -0.4 is 5.73 Å². The molecular formula is C12H14F3N. The van der Waals surface area contributed by atoms with Crippen molar-refractivity contribution in [1.82, 2.24) is 0 Å². The standard InChI is InChI=1S/C12H14F3N/c13-10-5-3-9(4-6-10)12(14,15)11(16)7-1-2-8-11/h3-6H,1-2,7-8,16H2. The van der Waals surface area contributed by atoms with E-state index in [0.717, 1.165) is 37.1 Å². The summed E-state index contributed by atoms with van der Waals surface area (Å²) >= 11 is 0. The van der Waals surface area contributed by atoms with E-state index < -0.39 is 17.3 Å². The highest BCUT2D eigenvalue weighted by Gasteiger charge is 2.53. The van der Waals surface area contributed by atoms with Crippen LogP contribution in [0.25, 0.3) is 0 Å². The summed E-state index contributed by atoms with van der Waals surface area (Å²) in [4.78, 5) is 0. The van der Waals surface area contributed by atoms with Crippen molar-refractivity contribution in [1.29, 1.82) is 0 Å². The largest absolute Gasteiger partial charge is 0.320 e. The molecule has 0 bridgehead atoms. The van der Waals surface area contributed by atoms with E-state index in [1.165, 1.54) is 0 Å². The fourth-order valence-electron chi connectivity index (χ4n) is 2.27. The van der Waals surface area contributed by atoms with Gasteiger partial charge in [-0.05, 0) is 25.0 Å². The topological polar surface area (TPSA) is 26.0 Å². The third kappa shape index (κ3) is 1.71. The van der Waals surface area contributed by atoms with Crippen molar-refractivity contribution in [3.8, 4) is 0 Å². The van der Waals surface area contributed by atoms with Crippen LogP contribution in [0.3, 0.4) is 0 Å². The zero-order chi connectivity index (χ0) is 11.8. The molecule has 1 aliphatic rings. The van der Waals surface area contributed by atoms with Crippen LogP contribution in [0, 0.1) is 5.82 Å². The second kappa shape index (κ2) is 3.77. The van der Waals surface area contributed by atoms with E-state index in [1.54, 1.807) is 0 Å². The van der Waals surface area contributed by atoms with Gasteiger partial charge in [-0.3, -0.25) is 0 Å². The number of hydrogen-bond acceptors (Lipinski definition) is 1. The Balaban J connectivity index is 2.34. The highest BCUT2D eigenvalue weighted by atomic mass is 19.3. The molecule has 1 saturated carbocycles. The SMILES string of the molecule is NC1(C(F)(F)c2ccc(F)cc2)CCCC1. The summed E-state index contributed by atoms with van der Waals surface area (Å²) in [5.41, 5.74) is 4.10. The monoisotopic (exact) mass is 229 g/mol. The van der Waals surface area contributed by atoms with E-state index in [1.807, 2.05) is 0 Å². The van der Waals surface area contributed by atoms with Crippen LogP contribution in [0.4, 0.5) is 13.2 Å². The summed E-state index contributed by atoms with van der Waals surface area (Å²) in [6.07, 6.45) is 2.09. The van der Waals surface area contributed by atoms with Gasteiger partial charge in [-0.25, -0.2) is 4.39 Å². The normalized spacial score (nSPS) is 20.0. The molecule has 0 aromatic heterocycles. The molecular weight excluding hydrogens is 215 g/mol. The van der Waals surface area contributed by atoms with Gasteiger partial charge in [0.2, 0.25) is 0 Å². The molecule has 4 heteroatoms. The summed E-state index contributed by atoms with van der Waals surface area (Å²) in [5, 5.41) is 0. The molecule has 0 aliphatic heterocycles. The average Bonchev–Trinajstić information content (AvgIpc) is 2.67. The molecule has 0 unspecified atom stereocenters. The molecule has 1 fully saturated rings. The van der Waals surface area contributed by atoms with Crippen molar-refractivity contribution in [3.05, 3.63) is 35.6 Å². The minimum absolute atomic E-state index is 0.196. The predicted molar refractivity (Wildman–Crippen MR) is 55.7 cm³/mol. The Bertz CT molecular complexity index is 366. The van der Waals surface area contributed by atoms with Gasteiger partial charge in [0.05, 0.1) is 5.54 Å². The number of rotatable bonds is 2. The number of nitrogens with two attached hydrogens (primary N) is 1. The first-order valence-corrected chi connectivity index (χ1v) is 5.38. The Hall–Kier alpha value is -1.03. The summed E-state index contributed by atoms with van der Waals surface area (Å²) in [5.74, 6) is -3.60. The van der Waals surface area contributed by atoms with Crippen LogP contribution in [0.2, 0.25) is 0 Å². The lowest BCUT2D eigenvalue weighted by Crippen LogP contribution is -2.51. The maximum Gasteiger partial charge on any atom is 0.290 e. The molecule has 0 saturated heterocycles. The molecule has 16 heavy (non-hydrogen) atoms. The van der Waals surface area contributed by atoms with Crippen LogP contribution in [-0.4, -0.2) is 5.54 Å². The molecule has 0 spiro atoms. The van der Waals surface area contributed by atoms with Crippen LogP contribution in [-0.2, 0) is 5.92 Å². The van der Waals surface area contributed by atoms with Gasteiger partial charge in [-0.15, -0.1) is 0 Å². The molecule has 2 rings (SSSR count). The van der Waals surface area contributed by atoms with E-state index in [-0.39, 0.29) is 5.56 Å².